The summed E-state index contributed by atoms with van der Waals surface area (Å²) in [4.78, 5) is 0.262. The summed E-state index contributed by atoms with van der Waals surface area (Å²) in [6.45, 7) is 2.42. The Hall–Kier alpha value is -0.920. The van der Waals surface area contributed by atoms with Crippen LogP contribution in [0.15, 0.2) is 11.1 Å². The lowest BCUT2D eigenvalue weighted by Gasteiger charge is -2.36. The Kier molecular flexibility index (Phi) is 3.50. The standard InChI is InChI=1S/C10H18N4O2S/c1-8-10(7-12-13-8)17(15,16)14(6-5-11)9-3-2-4-9/h7,9H,2-6,11H2,1H3,(H,12,13). The molecule has 1 fully saturated rings. The smallest absolute Gasteiger partial charge is 0.246 e. The summed E-state index contributed by atoms with van der Waals surface area (Å²) < 4.78 is 26.4. The van der Waals surface area contributed by atoms with Gasteiger partial charge in [-0.3, -0.25) is 5.10 Å². The van der Waals surface area contributed by atoms with E-state index in [9.17, 15) is 8.42 Å². The maximum atomic E-state index is 12.4. The van der Waals surface area contributed by atoms with Gasteiger partial charge in [-0.1, -0.05) is 6.42 Å². The Labute approximate surface area is 101 Å². The van der Waals surface area contributed by atoms with Crippen LogP contribution in [0.4, 0.5) is 0 Å². The van der Waals surface area contributed by atoms with Gasteiger partial charge in [-0.25, -0.2) is 8.42 Å². The highest BCUT2D eigenvalue weighted by Crippen LogP contribution is 2.30. The van der Waals surface area contributed by atoms with E-state index in [1.54, 1.807) is 6.92 Å². The van der Waals surface area contributed by atoms with E-state index in [2.05, 4.69) is 10.2 Å². The first-order valence-electron chi connectivity index (χ1n) is 5.79. The van der Waals surface area contributed by atoms with E-state index >= 15 is 0 Å². The van der Waals surface area contributed by atoms with Crippen LogP contribution in [0.5, 0.6) is 0 Å². The Balaban J connectivity index is 2.31. The number of sulfonamides is 1. The molecule has 0 aromatic carbocycles. The van der Waals surface area contributed by atoms with Crippen molar-refractivity contribution < 1.29 is 8.42 Å². The fraction of sp³-hybridized carbons (Fsp3) is 0.700. The number of hydrogen-bond acceptors (Lipinski definition) is 4. The number of nitrogens with two attached hydrogens (primary N) is 1. The molecule has 1 aromatic rings. The third kappa shape index (κ3) is 2.22. The van der Waals surface area contributed by atoms with E-state index in [0.717, 1.165) is 19.3 Å². The van der Waals surface area contributed by atoms with Gasteiger partial charge in [0.05, 0.1) is 11.9 Å². The van der Waals surface area contributed by atoms with Crippen LogP contribution >= 0.6 is 0 Å². The molecule has 1 aromatic heterocycles. The third-order valence-corrected chi connectivity index (χ3v) is 5.27. The maximum absolute atomic E-state index is 12.4. The lowest BCUT2D eigenvalue weighted by molar-refractivity contribution is 0.223. The number of aryl methyl sites for hydroxylation is 1. The normalized spacial score (nSPS) is 17.4. The molecule has 0 unspecified atom stereocenters. The van der Waals surface area contributed by atoms with Crippen LogP contribution in [0.1, 0.15) is 25.0 Å². The quantitative estimate of drug-likeness (QED) is 0.790. The van der Waals surface area contributed by atoms with Crippen molar-refractivity contribution in [2.75, 3.05) is 13.1 Å². The zero-order chi connectivity index (χ0) is 12.5. The van der Waals surface area contributed by atoms with Crippen LogP contribution in [-0.2, 0) is 10.0 Å². The number of aromatic amines is 1. The van der Waals surface area contributed by atoms with Gasteiger partial charge in [-0.15, -0.1) is 0 Å². The fourth-order valence-electron chi connectivity index (χ4n) is 2.03. The predicted octanol–water partition coefficient (Wildman–Crippen LogP) is 0.220. The second kappa shape index (κ2) is 4.75. The van der Waals surface area contributed by atoms with Gasteiger partial charge in [-0.2, -0.15) is 9.40 Å². The lowest BCUT2D eigenvalue weighted by Crippen LogP contribution is -2.46. The van der Waals surface area contributed by atoms with Gasteiger partial charge in [0.25, 0.3) is 0 Å². The highest BCUT2D eigenvalue weighted by Gasteiger charge is 2.35. The number of aromatic nitrogens is 2. The number of nitrogens with zero attached hydrogens (tertiary/aromatic N) is 2. The summed E-state index contributed by atoms with van der Waals surface area (Å²) in [7, 11) is -3.45. The highest BCUT2D eigenvalue weighted by atomic mass is 32.2. The first-order valence-corrected chi connectivity index (χ1v) is 7.23. The van der Waals surface area contributed by atoms with E-state index in [-0.39, 0.29) is 10.9 Å². The Morgan fingerprint density at radius 2 is 2.29 bits per heavy atom. The van der Waals surface area contributed by atoms with E-state index < -0.39 is 10.0 Å². The van der Waals surface area contributed by atoms with Crippen molar-refractivity contribution in [3.8, 4) is 0 Å². The molecule has 0 radical (unpaired) electrons. The zero-order valence-corrected chi connectivity index (χ0v) is 10.7. The van der Waals surface area contributed by atoms with Crippen molar-refractivity contribution in [1.82, 2.24) is 14.5 Å². The van der Waals surface area contributed by atoms with Gasteiger partial charge in [0, 0.05) is 19.1 Å². The Bertz CT molecular complexity index is 478. The van der Waals surface area contributed by atoms with Gasteiger partial charge >= 0.3 is 0 Å². The molecule has 1 aliphatic carbocycles. The van der Waals surface area contributed by atoms with Gasteiger partial charge in [0.1, 0.15) is 4.90 Å². The second-order valence-electron chi connectivity index (χ2n) is 4.35. The summed E-state index contributed by atoms with van der Waals surface area (Å²) in [5.74, 6) is 0. The molecule has 1 aliphatic rings. The number of H-pyrrole nitrogens is 1. The summed E-state index contributed by atoms with van der Waals surface area (Å²) >= 11 is 0. The largest absolute Gasteiger partial charge is 0.329 e. The van der Waals surface area contributed by atoms with Gasteiger partial charge in [0.2, 0.25) is 10.0 Å². The van der Waals surface area contributed by atoms with Gasteiger partial charge in [0.15, 0.2) is 0 Å². The summed E-state index contributed by atoms with van der Waals surface area (Å²) in [6.07, 6.45) is 4.31. The molecule has 0 amide bonds. The molecule has 0 spiro atoms. The van der Waals surface area contributed by atoms with Crippen molar-refractivity contribution >= 4 is 10.0 Å². The topological polar surface area (TPSA) is 92.1 Å². The molecule has 7 heteroatoms. The highest BCUT2D eigenvalue weighted by molar-refractivity contribution is 7.89. The minimum absolute atomic E-state index is 0.109. The molecule has 0 saturated heterocycles. The van der Waals surface area contributed by atoms with E-state index in [1.165, 1.54) is 10.5 Å². The van der Waals surface area contributed by atoms with Crippen LogP contribution < -0.4 is 5.73 Å². The zero-order valence-electron chi connectivity index (χ0n) is 9.89. The van der Waals surface area contributed by atoms with Gasteiger partial charge in [-0.05, 0) is 19.8 Å². The monoisotopic (exact) mass is 258 g/mol. The second-order valence-corrected chi connectivity index (χ2v) is 6.21. The third-order valence-electron chi connectivity index (χ3n) is 3.20. The SMILES string of the molecule is Cc1[nH]ncc1S(=O)(=O)N(CCN)C1CCC1. The molecular formula is C10H18N4O2S. The fourth-order valence-corrected chi connectivity index (χ4v) is 3.85. The van der Waals surface area contributed by atoms with Crippen LogP contribution in [-0.4, -0.2) is 42.1 Å². The Morgan fingerprint density at radius 3 is 2.71 bits per heavy atom. The molecule has 3 N–H and O–H groups in total. The number of nitrogens with one attached hydrogen (secondary N) is 1. The molecule has 6 nitrogen and oxygen atoms in total. The predicted molar refractivity (Wildman–Crippen MR) is 63.9 cm³/mol. The molecule has 1 heterocycles. The molecule has 96 valence electrons. The van der Waals surface area contributed by atoms with Crippen molar-refractivity contribution in [2.24, 2.45) is 5.73 Å². The molecule has 1 saturated carbocycles. The van der Waals surface area contributed by atoms with Crippen molar-refractivity contribution in [2.45, 2.75) is 37.1 Å². The van der Waals surface area contributed by atoms with E-state index in [1.807, 2.05) is 0 Å². The molecule has 0 bridgehead atoms. The summed E-state index contributed by atoms with van der Waals surface area (Å²) in [5, 5.41) is 6.43. The molecule has 17 heavy (non-hydrogen) atoms. The van der Waals surface area contributed by atoms with Crippen molar-refractivity contribution in [3.05, 3.63) is 11.9 Å². The molecule has 0 aliphatic heterocycles. The maximum Gasteiger partial charge on any atom is 0.246 e. The summed E-state index contributed by atoms with van der Waals surface area (Å²) in [5.41, 5.74) is 6.08. The van der Waals surface area contributed by atoms with Crippen molar-refractivity contribution in [3.63, 3.8) is 0 Å². The van der Waals surface area contributed by atoms with Crippen molar-refractivity contribution in [1.29, 1.82) is 0 Å². The van der Waals surface area contributed by atoms with Crippen LogP contribution in [0.25, 0.3) is 0 Å². The minimum atomic E-state index is -3.45. The lowest BCUT2D eigenvalue weighted by atomic mass is 9.93. The summed E-state index contributed by atoms with van der Waals surface area (Å²) in [6, 6.07) is 0.109. The average molecular weight is 258 g/mol. The Morgan fingerprint density at radius 1 is 1.59 bits per heavy atom. The minimum Gasteiger partial charge on any atom is -0.329 e. The first-order chi connectivity index (χ1) is 8.07. The number of rotatable bonds is 5. The average Bonchev–Trinajstić information content (AvgIpc) is 2.61. The first kappa shape index (κ1) is 12.5. The number of hydrogen-bond donors (Lipinski definition) is 2. The van der Waals surface area contributed by atoms with E-state index in [0.29, 0.717) is 18.8 Å². The molecule has 0 atom stereocenters. The molecule has 2 rings (SSSR count). The van der Waals surface area contributed by atoms with E-state index in [4.69, 9.17) is 5.73 Å². The van der Waals surface area contributed by atoms with Crippen LogP contribution in [0, 0.1) is 6.92 Å². The van der Waals surface area contributed by atoms with Crippen LogP contribution in [0.2, 0.25) is 0 Å². The van der Waals surface area contributed by atoms with Crippen LogP contribution in [0.3, 0.4) is 0 Å². The molecular weight excluding hydrogens is 240 g/mol. The van der Waals surface area contributed by atoms with Gasteiger partial charge < -0.3 is 5.73 Å².